The normalized spacial score (nSPS) is 11.6. The second-order valence-electron chi connectivity index (χ2n) is 16.9. The molecule has 4 nitrogen and oxygen atoms in total. The van der Waals surface area contributed by atoms with Crippen molar-refractivity contribution in [1.29, 1.82) is 0 Å². The monoisotopic (exact) mass is 850 g/mol. The zero-order valence-corrected chi connectivity index (χ0v) is 35.9. The summed E-state index contributed by atoms with van der Waals surface area (Å²) in [6, 6.07) is 75.4. The molecule has 12 aromatic carbocycles. The highest BCUT2D eigenvalue weighted by atomic mass is 16.5. The molecule has 314 valence electrons. The van der Waals surface area contributed by atoms with Crippen LogP contribution in [-0.2, 0) is 13.2 Å². The van der Waals surface area contributed by atoms with E-state index in [4.69, 9.17) is 9.47 Å². The van der Waals surface area contributed by atoms with Crippen molar-refractivity contribution in [3.63, 3.8) is 0 Å². The van der Waals surface area contributed by atoms with Gasteiger partial charge in [-0.05, 0) is 113 Å². The van der Waals surface area contributed by atoms with Crippen LogP contribution in [0.5, 0.6) is 23.0 Å². The first kappa shape index (κ1) is 39.3. The molecule has 0 saturated heterocycles. The summed E-state index contributed by atoms with van der Waals surface area (Å²) in [6.07, 6.45) is 0. The minimum Gasteiger partial charge on any atom is -0.455 e. The molecule has 0 aliphatic rings. The summed E-state index contributed by atoms with van der Waals surface area (Å²) in [5.41, 5.74) is 7.17. The molecule has 0 aliphatic heterocycles. The van der Waals surface area contributed by atoms with E-state index in [0.29, 0.717) is 23.0 Å². The SMILES string of the molecule is OCc1cc(-c2ccc3ccccc3c2)c(Oc2ccc3ccccc3c2-c2c(Oc3c(-c4ccc5ccccc5c4)cc(CO)c4ccccc34)ccc3ccccc23)c2ccccc12. The molecule has 0 atom stereocenters. The quantitative estimate of drug-likeness (QED) is 0.152. The van der Waals surface area contributed by atoms with Gasteiger partial charge in [0.05, 0.1) is 13.2 Å². The van der Waals surface area contributed by atoms with Gasteiger partial charge >= 0.3 is 0 Å². The Balaban J connectivity index is 1.12. The molecule has 0 heterocycles. The zero-order chi connectivity index (χ0) is 44.1. The van der Waals surface area contributed by atoms with Gasteiger partial charge in [0.2, 0.25) is 0 Å². The summed E-state index contributed by atoms with van der Waals surface area (Å²) in [7, 11) is 0. The number of ether oxygens (including phenoxy) is 2. The molecule has 0 aromatic heterocycles. The maximum atomic E-state index is 10.8. The van der Waals surface area contributed by atoms with Gasteiger partial charge in [-0.3, -0.25) is 0 Å². The summed E-state index contributed by atoms with van der Waals surface area (Å²) < 4.78 is 15.0. The Bertz CT molecular complexity index is 3610. The average molecular weight is 851 g/mol. The molecule has 0 radical (unpaired) electrons. The van der Waals surface area contributed by atoms with Gasteiger partial charge in [-0.15, -0.1) is 0 Å². The Labute approximate surface area is 381 Å². The highest BCUT2D eigenvalue weighted by Crippen LogP contribution is 2.52. The Kier molecular flexibility index (Phi) is 9.75. The molecule has 4 heteroatoms. The fourth-order valence-electron chi connectivity index (χ4n) is 9.88. The van der Waals surface area contributed by atoms with E-state index >= 15 is 0 Å². The van der Waals surface area contributed by atoms with Gasteiger partial charge in [-0.25, -0.2) is 0 Å². The molecule has 12 rings (SSSR count). The van der Waals surface area contributed by atoms with Crippen molar-refractivity contribution >= 4 is 64.6 Å². The molecule has 0 fully saturated rings. The molecular formula is C62H42O4. The maximum Gasteiger partial charge on any atom is 0.143 e. The highest BCUT2D eigenvalue weighted by molar-refractivity contribution is 6.11. The van der Waals surface area contributed by atoms with Crippen molar-refractivity contribution < 1.29 is 19.7 Å². The number of fused-ring (bicyclic) bond motifs is 6. The molecule has 0 aliphatic carbocycles. The topological polar surface area (TPSA) is 58.9 Å². The van der Waals surface area contributed by atoms with Crippen LogP contribution in [0, 0.1) is 0 Å². The first-order chi connectivity index (χ1) is 32.6. The van der Waals surface area contributed by atoms with E-state index in [-0.39, 0.29) is 13.2 Å². The molecular weight excluding hydrogens is 809 g/mol. The molecule has 66 heavy (non-hydrogen) atoms. The molecule has 0 saturated carbocycles. The van der Waals surface area contributed by atoms with Crippen LogP contribution in [-0.4, -0.2) is 10.2 Å². The van der Waals surface area contributed by atoms with E-state index < -0.39 is 0 Å². The van der Waals surface area contributed by atoms with Crippen LogP contribution in [0.15, 0.2) is 218 Å². The Morgan fingerprint density at radius 1 is 0.288 bits per heavy atom. The fourth-order valence-corrected chi connectivity index (χ4v) is 9.88. The van der Waals surface area contributed by atoms with Gasteiger partial charge in [-0.1, -0.05) is 182 Å². The number of aliphatic hydroxyl groups excluding tert-OH is 2. The number of aliphatic hydroxyl groups is 2. The van der Waals surface area contributed by atoms with E-state index in [1.807, 2.05) is 24.3 Å². The van der Waals surface area contributed by atoms with E-state index in [9.17, 15) is 10.2 Å². The van der Waals surface area contributed by atoms with E-state index in [1.165, 1.54) is 0 Å². The van der Waals surface area contributed by atoms with Crippen molar-refractivity contribution in [2.45, 2.75) is 13.2 Å². The number of hydrogen-bond acceptors (Lipinski definition) is 4. The van der Waals surface area contributed by atoms with Crippen molar-refractivity contribution in [3.05, 3.63) is 230 Å². The van der Waals surface area contributed by atoms with Gasteiger partial charge < -0.3 is 19.7 Å². The first-order valence-electron chi connectivity index (χ1n) is 22.3. The van der Waals surface area contributed by atoms with E-state index in [1.54, 1.807) is 0 Å². The molecule has 12 aromatic rings. The fraction of sp³-hybridized carbons (Fsp3) is 0.0323. The molecule has 2 N–H and O–H groups in total. The average Bonchev–Trinajstić information content (AvgIpc) is 3.38. The molecule has 0 bridgehead atoms. The van der Waals surface area contributed by atoms with Crippen LogP contribution in [0.1, 0.15) is 11.1 Å². The number of benzene rings is 12. The van der Waals surface area contributed by atoms with Crippen molar-refractivity contribution in [2.24, 2.45) is 0 Å². The van der Waals surface area contributed by atoms with Crippen LogP contribution in [0.25, 0.3) is 98.0 Å². The lowest BCUT2D eigenvalue weighted by molar-refractivity contribution is 0.283. The van der Waals surface area contributed by atoms with E-state index in [2.05, 4.69) is 194 Å². The Morgan fingerprint density at radius 3 is 1.03 bits per heavy atom. The lowest BCUT2D eigenvalue weighted by atomic mass is 9.91. The lowest BCUT2D eigenvalue weighted by Gasteiger charge is -2.23. The molecule has 0 amide bonds. The van der Waals surface area contributed by atoms with Crippen LogP contribution >= 0.6 is 0 Å². The summed E-state index contributed by atoms with van der Waals surface area (Å²) >= 11 is 0. The number of rotatable bonds is 9. The van der Waals surface area contributed by atoms with Gasteiger partial charge in [0.1, 0.15) is 23.0 Å². The van der Waals surface area contributed by atoms with Crippen molar-refractivity contribution in [2.75, 3.05) is 0 Å². The van der Waals surface area contributed by atoms with Gasteiger partial charge in [0.15, 0.2) is 0 Å². The zero-order valence-electron chi connectivity index (χ0n) is 35.9. The Hall–Kier alpha value is -8.28. The van der Waals surface area contributed by atoms with Gasteiger partial charge in [0, 0.05) is 33.0 Å². The van der Waals surface area contributed by atoms with Crippen molar-refractivity contribution in [3.8, 4) is 56.4 Å². The summed E-state index contributed by atoms with van der Waals surface area (Å²) in [6.45, 7) is -0.233. The largest absolute Gasteiger partial charge is 0.455 e. The second kappa shape index (κ2) is 16.4. The van der Waals surface area contributed by atoms with Crippen LogP contribution < -0.4 is 9.47 Å². The molecule has 0 spiro atoms. The van der Waals surface area contributed by atoms with Gasteiger partial charge in [0.25, 0.3) is 0 Å². The van der Waals surface area contributed by atoms with Gasteiger partial charge in [-0.2, -0.15) is 0 Å². The first-order valence-corrected chi connectivity index (χ1v) is 22.3. The third-order valence-electron chi connectivity index (χ3n) is 13.1. The molecule has 0 unspecified atom stereocenters. The highest BCUT2D eigenvalue weighted by Gasteiger charge is 2.25. The van der Waals surface area contributed by atoms with E-state index in [0.717, 1.165) is 109 Å². The lowest BCUT2D eigenvalue weighted by Crippen LogP contribution is -1.99. The summed E-state index contributed by atoms with van der Waals surface area (Å²) in [5.74, 6) is 2.71. The third-order valence-corrected chi connectivity index (χ3v) is 13.1. The smallest absolute Gasteiger partial charge is 0.143 e. The van der Waals surface area contributed by atoms with Crippen LogP contribution in [0.4, 0.5) is 0 Å². The van der Waals surface area contributed by atoms with Crippen LogP contribution in [0.3, 0.4) is 0 Å². The summed E-state index contributed by atoms with van der Waals surface area (Å²) in [4.78, 5) is 0. The second-order valence-corrected chi connectivity index (χ2v) is 16.9. The standard InChI is InChI=1S/C62H42O4/c63-37-47-35-55(45-27-25-39-13-1-3-17-43(39)33-45)61(53-23-11-9-19-49(47)53)65-57-31-29-41-15-5-7-21-51(41)59(57)60-52-22-8-6-16-42(52)30-32-58(60)66-62-54-24-12-10-20-50(54)48(38-64)36-56(62)46-28-26-40-14-2-4-18-44(40)34-46/h1-36,63-64H,37-38H2. The summed E-state index contributed by atoms with van der Waals surface area (Å²) in [5, 5.41) is 33.9. The number of hydrogen-bond donors (Lipinski definition) is 2. The minimum absolute atomic E-state index is 0.117. The predicted octanol–water partition coefficient (Wildman–Crippen LogP) is 16.2. The van der Waals surface area contributed by atoms with Crippen LogP contribution in [0.2, 0.25) is 0 Å². The maximum absolute atomic E-state index is 10.8. The third kappa shape index (κ3) is 6.71. The predicted molar refractivity (Wildman–Crippen MR) is 273 cm³/mol. The minimum atomic E-state index is -0.117. The Morgan fingerprint density at radius 2 is 0.621 bits per heavy atom. The van der Waals surface area contributed by atoms with Crippen molar-refractivity contribution in [1.82, 2.24) is 0 Å².